The second kappa shape index (κ2) is 2.21. The van der Waals surface area contributed by atoms with Gasteiger partial charge in [0.15, 0.2) is 0 Å². The van der Waals surface area contributed by atoms with Crippen LogP contribution in [0.15, 0.2) is 0 Å². The monoisotopic (exact) mass is 142 g/mol. The quantitative estimate of drug-likeness (QED) is 0.545. The third kappa shape index (κ3) is 0.789. The Bertz CT molecular complexity index is 133. The van der Waals surface area contributed by atoms with E-state index in [0.717, 1.165) is 12.8 Å². The molecule has 0 amide bonds. The van der Waals surface area contributed by atoms with Crippen LogP contribution in [0.1, 0.15) is 26.2 Å². The van der Waals surface area contributed by atoms with Gasteiger partial charge in [0.25, 0.3) is 0 Å². The van der Waals surface area contributed by atoms with Crippen LogP contribution >= 0.6 is 0 Å². The summed E-state index contributed by atoms with van der Waals surface area (Å²) in [4.78, 5) is 0. The molecule has 4 atom stereocenters. The summed E-state index contributed by atoms with van der Waals surface area (Å²) in [6, 6.07) is 0. The molecule has 1 heterocycles. The Labute approximate surface area is 61.2 Å². The number of aliphatic hydroxyl groups is 1. The summed E-state index contributed by atoms with van der Waals surface area (Å²) in [6.07, 6.45) is 3.83. The Kier molecular flexibility index (Phi) is 1.46. The maximum absolute atomic E-state index is 9.54. The molecule has 2 heteroatoms. The van der Waals surface area contributed by atoms with Gasteiger partial charge in [0.1, 0.15) is 0 Å². The Morgan fingerprint density at radius 3 is 2.90 bits per heavy atom. The molecule has 1 saturated carbocycles. The van der Waals surface area contributed by atoms with Gasteiger partial charge in [-0.05, 0) is 19.8 Å². The first-order chi connectivity index (χ1) is 4.79. The zero-order valence-corrected chi connectivity index (χ0v) is 6.29. The van der Waals surface area contributed by atoms with Crippen molar-refractivity contribution in [3.8, 4) is 0 Å². The van der Waals surface area contributed by atoms with Gasteiger partial charge in [0, 0.05) is 5.92 Å². The van der Waals surface area contributed by atoms with Gasteiger partial charge in [-0.15, -0.1) is 0 Å². The molecule has 1 N–H and O–H groups in total. The Morgan fingerprint density at radius 1 is 1.40 bits per heavy atom. The van der Waals surface area contributed by atoms with E-state index in [4.69, 9.17) is 4.74 Å². The van der Waals surface area contributed by atoms with Crippen molar-refractivity contribution < 1.29 is 9.84 Å². The highest BCUT2D eigenvalue weighted by Crippen LogP contribution is 2.38. The standard InChI is InChI=1S/C8H14O2/c1-5-8(9)6-3-2-4-7(6)10-5/h5-9H,2-4H2,1H3/t5-,6-,7+,8-/m0/s1. The SMILES string of the molecule is C[C@@H]1O[C@@H]2CCC[C@@H]2[C@H]1O. The van der Waals surface area contributed by atoms with Gasteiger partial charge in [-0.25, -0.2) is 0 Å². The Balaban J connectivity index is 2.09. The summed E-state index contributed by atoms with van der Waals surface area (Å²) in [7, 11) is 0. The summed E-state index contributed by atoms with van der Waals surface area (Å²) in [5.41, 5.74) is 0. The fraction of sp³-hybridized carbons (Fsp3) is 1.00. The Hall–Kier alpha value is -0.0800. The number of ether oxygens (including phenoxy) is 1. The van der Waals surface area contributed by atoms with E-state index in [0.29, 0.717) is 12.0 Å². The van der Waals surface area contributed by atoms with Gasteiger partial charge in [0.05, 0.1) is 18.3 Å². The van der Waals surface area contributed by atoms with E-state index in [2.05, 4.69) is 0 Å². The molecule has 2 rings (SSSR count). The lowest BCUT2D eigenvalue weighted by Gasteiger charge is -2.10. The predicted octanol–water partition coefficient (Wildman–Crippen LogP) is 0.935. The van der Waals surface area contributed by atoms with Crippen LogP contribution in [-0.4, -0.2) is 23.4 Å². The van der Waals surface area contributed by atoms with Gasteiger partial charge in [-0.1, -0.05) is 6.42 Å². The van der Waals surface area contributed by atoms with Crippen molar-refractivity contribution in [1.82, 2.24) is 0 Å². The average Bonchev–Trinajstić information content (AvgIpc) is 2.41. The van der Waals surface area contributed by atoms with E-state index in [1.807, 2.05) is 6.92 Å². The largest absolute Gasteiger partial charge is 0.390 e. The van der Waals surface area contributed by atoms with Crippen molar-refractivity contribution in [2.75, 3.05) is 0 Å². The summed E-state index contributed by atoms with van der Waals surface area (Å²) < 4.78 is 5.55. The Morgan fingerprint density at radius 2 is 2.20 bits per heavy atom. The van der Waals surface area contributed by atoms with Gasteiger partial charge < -0.3 is 9.84 Å². The predicted molar refractivity (Wildman–Crippen MR) is 37.7 cm³/mol. The van der Waals surface area contributed by atoms with Gasteiger partial charge in [-0.2, -0.15) is 0 Å². The van der Waals surface area contributed by atoms with Gasteiger partial charge in [-0.3, -0.25) is 0 Å². The number of hydrogen-bond acceptors (Lipinski definition) is 2. The summed E-state index contributed by atoms with van der Waals surface area (Å²) in [5, 5.41) is 9.54. The molecule has 0 radical (unpaired) electrons. The maximum atomic E-state index is 9.54. The van der Waals surface area contributed by atoms with E-state index >= 15 is 0 Å². The molecule has 1 aliphatic carbocycles. The molecule has 0 bridgehead atoms. The first-order valence-electron chi connectivity index (χ1n) is 4.12. The molecule has 2 nitrogen and oxygen atoms in total. The lowest BCUT2D eigenvalue weighted by Crippen LogP contribution is -2.23. The van der Waals surface area contributed by atoms with Crippen LogP contribution < -0.4 is 0 Å². The molecule has 1 saturated heterocycles. The lowest BCUT2D eigenvalue weighted by atomic mass is 9.99. The van der Waals surface area contributed by atoms with Crippen LogP contribution in [0.2, 0.25) is 0 Å². The second-order valence-corrected chi connectivity index (χ2v) is 3.47. The van der Waals surface area contributed by atoms with Crippen molar-refractivity contribution in [1.29, 1.82) is 0 Å². The zero-order valence-electron chi connectivity index (χ0n) is 6.29. The van der Waals surface area contributed by atoms with Crippen molar-refractivity contribution in [3.05, 3.63) is 0 Å². The first kappa shape index (κ1) is 6.62. The van der Waals surface area contributed by atoms with E-state index in [9.17, 15) is 5.11 Å². The minimum absolute atomic E-state index is 0.0790. The number of fused-ring (bicyclic) bond motifs is 1. The molecule has 0 spiro atoms. The van der Waals surface area contributed by atoms with Crippen molar-refractivity contribution in [2.45, 2.75) is 44.5 Å². The van der Waals surface area contributed by atoms with Crippen molar-refractivity contribution >= 4 is 0 Å². The van der Waals surface area contributed by atoms with Crippen molar-refractivity contribution in [3.63, 3.8) is 0 Å². The molecule has 10 heavy (non-hydrogen) atoms. The van der Waals surface area contributed by atoms with Crippen LogP contribution in [0.25, 0.3) is 0 Å². The zero-order chi connectivity index (χ0) is 7.14. The summed E-state index contributed by atoms with van der Waals surface area (Å²) >= 11 is 0. The fourth-order valence-corrected chi connectivity index (χ4v) is 2.22. The normalized spacial score (nSPS) is 53.4. The van der Waals surface area contributed by atoms with E-state index in [1.165, 1.54) is 6.42 Å². The molecule has 0 unspecified atom stereocenters. The van der Waals surface area contributed by atoms with Gasteiger partial charge in [0.2, 0.25) is 0 Å². The highest BCUT2D eigenvalue weighted by molar-refractivity contribution is 4.92. The minimum atomic E-state index is -0.188. The third-order valence-corrected chi connectivity index (χ3v) is 2.81. The summed E-state index contributed by atoms with van der Waals surface area (Å²) in [5.74, 6) is 0.454. The molecular weight excluding hydrogens is 128 g/mol. The number of rotatable bonds is 0. The molecule has 0 aromatic rings. The molecule has 58 valence electrons. The van der Waals surface area contributed by atoms with Crippen LogP contribution in [0.5, 0.6) is 0 Å². The van der Waals surface area contributed by atoms with Crippen LogP contribution in [0.4, 0.5) is 0 Å². The smallest absolute Gasteiger partial charge is 0.0852 e. The van der Waals surface area contributed by atoms with Gasteiger partial charge >= 0.3 is 0 Å². The molecule has 0 aromatic heterocycles. The van der Waals surface area contributed by atoms with Crippen molar-refractivity contribution in [2.24, 2.45) is 5.92 Å². The molecular formula is C8H14O2. The maximum Gasteiger partial charge on any atom is 0.0852 e. The summed E-state index contributed by atoms with van der Waals surface area (Å²) in [6.45, 7) is 1.96. The first-order valence-corrected chi connectivity index (χ1v) is 4.12. The third-order valence-electron chi connectivity index (χ3n) is 2.81. The van der Waals surface area contributed by atoms with E-state index < -0.39 is 0 Å². The van der Waals surface area contributed by atoms with Crippen LogP contribution in [0, 0.1) is 5.92 Å². The lowest BCUT2D eigenvalue weighted by molar-refractivity contribution is 0.0197. The molecule has 2 aliphatic rings. The fourth-order valence-electron chi connectivity index (χ4n) is 2.22. The minimum Gasteiger partial charge on any atom is -0.390 e. The van der Waals surface area contributed by atoms with Crippen LogP contribution in [0.3, 0.4) is 0 Å². The van der Waals surface area contributed by atoms with E-state index in [1.54, 1.807) is 0 Å². The van der Waals surface area contributed by atoms with Crippen LogP contribution in [-0.2, 0) is 4.74 Å². The highest BCUT2D eigenvalue weighted by Gasteiger charge is 2.43. The topological polar surface area (TPSA) is 29.5 Å². The second-order valence-electron chi connectivity index (χ2n) is 3.47. The molecule has 0 aromatic carbocycles. The molecule has 1 aliphatic heterocycles. The van der Waals surface area contributed by atoms with E-state index in [-0.39, 0.29) is 12.2 Å². The molecule has 2 fully saturated rings. The highest BCUT2D eigenvalue weighted by atomic mass is 16.5. The number of aliphatic hydroxyl groups excluding tert-OH is 1. The average molecular weight is 142 g/mol. The number of hydrogen-bond donors (Lipinski definition) is 1.